The monoisotopic (exact) mass is 330 g/mol. The maximum absolute atomic E-state index is 11.5. The Morgan fingerprint density at radius 3 is 2.00 bits per heavy atom. The van der Waals surface area contributed by atoms with Crippen LogP contribution in [0.1, 0.15) is 71.6 Å². The van der Waals surface area contributed by atoms with E-state index in [1.54, 1.807) is 7.11 Å². The molecule has 0 saturated carbocycles. The van der Waals surface area contributed by atoms with Gasteiger partial charge in [0.1, 0.15) is 0 Å². The zero-order valence-electron chi connectivity index (χ0n) is 15.1. The molecule has 0 saturated heterocycles. The summed E-state index contributed by atoms with van der Waals surface area (Å²) in [6.45, 7) is 5.84. The minimum Gasteiger partial charge on any atom is -0.466 e. The molecule has 136 valence electrons. The summed E-state index contributed by atoms with van der Waals surface area (Å²) >= 11 is 0. The Kier molecular flexibility index (Phi) is 15.0. The summed E-state index contributed by atoms with van der Waals surface area (Å²) in [4.78, 5) is 23.0. The summed E-state index contributed by atoms with van der Waals surface area (Å²) in [6.07, 6.45) is 7.57. The van der Waals surface area contributed by atoms with Gasteiger partial charge in [-0.1, -0.05) is 39.5 Å². The van der Waals surface area contributed by atoms with Crippen molar-refractivity contribution >= 4 is 11.9 Å². The van der Waals surface area contributed by atoms with Crippen molar-refractivity contribution in [1.82, 2.24) is 0 Å². The lowest BCUT2D eigenvalue weighted by molar-refractivity contribution is -0.150. The van der Waals surface area contributed by atoms with Gasteiger partial charge in [-0.3, -0.25) is 9.59 Å². The first-order valence-electron chi connectivity index (χ1n) is 8.90. The molecule has 0 aromatic carbocycles. The molecule has 0 aliphatic heterocycles. The van der Waals surface area contributed by atoms with E-state index in [0.717, 1.165) is 32.3 Å². The van der Waals surface area contributed by atoms with Gasteiger partial charge >= 0.3 is 11.9 Å². The molecule has 0 aromatic rings. The largest absolute Gasteiger partial charge is 0.466 e. The minimum atomic E-state index is -0.330. The average Bonchev–Trinajstić information content (AvgIpc) is 2.54. The Labute approximate surface area is 141 Å². The predicted molar refractivity (Wildman–Crippen MR) is 90.2 cm³/mol. The lowest BCUT2D eigenvalue weighted by atomic mass is 10.1. The van der Waals surface area contributed by atoms with E-state index in [4.69, 9.17) is 14.2 Å². The SMILES string of the molecule is CCCCCCCOC(=O)CCC(=O)OCCC(C)CCOC. The van der Waals surface area contributed by atoms with E-state index in [9.17, 15) is 9.59 Å². The molecule has 0 radical (unpaired) electrons. The van der Waals surface area contributed by atoms with Gasteiger partial charge < -0.3 is 14.2 Å². The first kappa shape index (κ1) is 21.9. The summed E-state index contributed by atoms with van der Waals surface area (Å²) in [5.41, 5.74) is 0. The van der Waals surface area contributed by atoms with Gasteiger partial charge in [0.05, 0.1) is 26.1 Å². The lowest BCUT2D eigenvalue weighted by Gasteiger charge is -2.11. The van der Waals surface area contributed by atoms with Crippen molar-refractivity contribution in [1.29, 1.82) is 0 Å². The Morgan fingerprint density at radius 2 is 1.39 bits per heavy atom. The number of esters is 2. The van der Waals surface area contributed by atoms with Gasteiger partial charge in [-0.2, -0.15) is 0 Å². The van der Waals surface area contributed by atoms with E-state index in [0.29, 0.717) is 19.1 Å². The normalized spacial score (nSPS) is 12.0. The number of hydrogen-bond donors (Lipinski definition) is 0. The van der Waals surface area contributed by atoms with Crippen LogP contribution in [-0.4, -0.2) is 38.9 Å². The summed E-state index contributed by atoms with van der Waals surface area (Å²) in [7, 11) is 1.68. The van der Waals surface area contributed by atoms with Crippen LogP contribution in [0.5, 0.6) is 0 Å². The molecule has 5 heteroatoms. The van der Waals surface area contributed by atoms with Crippen LogP contribution in [-0.2, 0) is 23.8 Å². The minimum absolute atomic E-state index is 0.0983. The smallest absolute Gasteiger partial charge is 0.306 e. The van der Waals surface area contributed by atoms with Gasteiger partial charge in [-0.05, 0) is 25.2 Å². The second-order valence-electron chi connectivity index (χ2n) is 6.03. The van der Waals surface area contributed by atoms with Gasteiger partial charge in [0.15, 0.2) is 0 Å². The highest BCUT2D eigenvalue weighted by Gasteiger charge is 2.10. The quantitative estimate of drug-likeness (QED) is 0.337. The van der Waals surface area contributed by atoms with Crippen LogP contribution in [0, 0.1) is 5.92 Å². The number of carbonyl (C=O) groups is 2. The molecule has 0 rings (SSSR count). The van der Waals surface area contributed by atoms with Crippen LogP contribution in [0.25, 0.3) is 0 Å². The third-order valence-corrected chi connectivity index (χ3v) is 3.73. The maximum atomic E-state index is 11.5. The number of hydrogen-bond acceptors (Lipinski definition) is 5. The van der Waals surface area contributed by atoms with Crippen LogP contribution in [0.3, 0.4) is 0 Å². The Balaban J connectivity index is 3.48. The van der Waals surface area contributed by atoms with Crippen molar-refractivity contribution in [2.24, 2.45) is 5.92 Å². The van der Waals surface area contributed by atoms with Crippen LogP contribution < -0.4 is 0 Å². The molecule has 0 N–H and O–H groups in total. The van der Waals surface area contributed by atoms with E-state index in [2.05, 4.69) is 13.8 Å². The van der Waals surface area contributed by atoms with E-state index in [-0.39, 0.29) is 24.8 Å². The molecule has 1 unspecified atom stereocenters. The fourth-order valence-electron chi connectivity index (χ4n) is 2.08. The van der Waals surface area contributed by atoms with Crippen molar-refractivity contribution in [3.8, 4) is 0 Å². The van der Waals surface area contributed by atoms with E-state index < -0.39 is 0 Å². The fraction of sp³-hybridized carbons (Fsp3) is 0.889. The highest BCUT2D eigenvalue weighted by atomic mass is 16.5. The summed E-state index contributed by atoms with van der Waals surface area (Å²) < 4.78 is 15.2. The molecule has 0 fully saturated rings. The maximum Gasteiger partial charge on any atom is 0.306 e. The highest BCUT2D eigenvalue weighted by Crippen LogP contribution is 2.08. The number of ether oxygens (including phenoxy) is 3. The zero-order chi connectivity index (χ0) is 17.3. The van der Waals surface area contributed by atoms with Gasteiger partial charge in [-0.25, -0.2) is 0 Å². The topological polar surface area (TPSA) is 61.8 Å². The van der Waals surface area contributed by atoms with Crippen molar-refractivity contribution in [2.45, 2.75) is 71.6 Å². The molecule has 0 aliphatic carbocycles. The van der Waals surface area contributed by atoms with Crippen molar-refractivity contribution in [3.63, 3.8) is 0 Å². The first-order valence-corrected chi connectivity index (χ1v) is 8.90. The van der Waals surface area contributed by atoms with E-state index >= 15 is 0 Å². The van der Waals surface area contributed by atoms with Crippen LogP contribution in [0.2, 0.25) is 0 Å². The average molecular weight is 330 g/mol. The van der Waals surface area contributed by atoms with Crippen molar-refractivity contribution in [2.75, 3.05) is 26.9 Å². The molecular formula is C18H34O5. The summed E-state index contributed by atoms with van der Waals surface area (Å²) in [6, 6.07) is 0. The number of carbonyl (C=O) groups excluding carboxylic acids is 2. The molecule has 0 bridgehead atoms. The van der Waals surface area contributed by atoms with E-state index in [1.807, 2.05) is 0 Å². The Morgan fingerprint density at radius 1 is 0.826 bits per heavy atom. The number of rotatable bonds is 15. The summed E-state index contributed by atoms with van der Waals surface area (Å²) in [5.74, 6) is -0.185. The molecule has 23 heavy (non-hydrogen) atoms. The highest BCUT2D eigenvalue weighted by molar-refractivity contribution is 5.77. The molecule has 0 amide bonds. The van der Waals surface area contributed by atoms with E-state index in [1.165, 1.54) is 19.3 Å². The van der Waals surface area contributed by atoms with Crippen molar-refractivity contribution in [3.05, 3.63) is 0 Å². The van der Waals surface area contributed by atoms with Gasteiger partial charge in [0.25, 0.3) is 0 Å². The Hall–Kier alpha value is -1.10. The third kappa shape index (κ3) is 15.6. The summed E-state index contributed by atoms with van der Waals surface area (Å²) in [5, 5.41) is 0. The standard InChI is InChI=1S/C18H34O5/c1-4-5-6-7-8-13-22-17(19)9-10-18(20)23-15-12-16(2)11-14-21-3/h16H,4-15H2,1-3H3. The Bertz CT molecular complexity index is 304. The zero-order valence-corrected chi connectivity index (χ0v) is 15.1. The molecule has 0 aromatic heterocycles. The molecule has 0 heterocycles. The molecule has 0 spiro atoms. The van der Waals surface area contributed by atoms with Crippen LogP contribution in [0.15, 0.2) is 0 Å². The fourth-order valence-corrected chi connectivity index (χ4v) is 2.08. The molecular weight excluding hydrogens is 296 g/mol. The number of unbranched alkanes of at least 4 members (excludes halogenated alkanes) is 4. The molecule has 1 atom stereocenters. The predicted octanol–water partition coefficient (Wildman–Crippen LogP) is 3.89. The van der Waals surface area contributed by atoms with Crippen LogP contribution >= 0.6 is 0 Å². The van der Waals surface area contributed by atoms with Crippen molar-refractivity contribution < 1.29 is 23.8 Å². The first-order chi connectivity index (χ1) is 11.1. The van der Waals surface area contributed by atoms with Gasteiger partial charge in [0.2, 0.25) is 0 Å². The second kappa shape index (κ2) is 15.8. The van der Waals surface area contributed by atoms with Gasteiger partial charge in [0, 0.05) is 13.7 Å². The lowest BCUT2D eigenvalue weighted by Crippen LogP contribution is -2.13. The third-order valence-electron chi connectivity index (χ3n) is 3.73. The molecule has 0 aliphatic rings. The van der Waals surface area contributed by atoms with Crippen LogP contribution in [0.4, 0.5) is 0 Å². The second-order valence-corrected chi connectivity index (χ2v) is 6.03. The number of methoxy groups -OCH3 is 1. The van der Waals surface area contributed by atoms with Gasteiger partial charge in [-0.15, -0.1) is 0 Å². The molecule has 5 nitrogen and oxygen atoms in total.